The van der Waals surface area contributed by atoms with Crippen LogP contribution in [0.5, 0.6) is 0 Å². The van der Waals surface area contributed by atoms with E-state index in [2.05, 4.69) is 358 Å². The van der Waals surface area contributed by atoms with E-state index in [4.69, 9.17) is 29.9 Å². The molecule has 0 aliphatic heterocycles. The summed E-state index contributed by atoms with van der Waals surface area (Å²) in [5, 5.41) is 14.7. The first-order chi connectivity index (χ1) is 56.9. The Kier molecular flexibility index (Phi) is 15.8. The lowest BCUT2D eigenvalue weighted by molar-refractivity contribution is 1.18. The number of hydrogen-bond acceptors (Lipinski definition) is 9. The van der Waals surface area contributed by atoms with Gasteiger partial charge >= 0.3 is 0 Å². The Hall–Kier alpha value is -14.3. The molecule has 0 spiro atoms. The lowest BCUT2D eigenvalue weighted by Gasteiger charge is -2.14. The van der Waals surface area contributed by atoms with Crippen LogP contribution in [0.2, 0.25) is 0 Å². The second-order valence-electron chi connectivity index (χ2n) is 29.5. The van der Waals surface area contributed by atoms with Gasteiger partial charge in [0, 0.05) is 106 Å². The molecule has 6 nitrogen and oxygen atoms in total. The molecule has 0 fully saturated rings. The minimum absolute atomic E-state index is 0.650. The summed E-state index contributed by atoms with van der Waals surface area (Å²) in [6.45, 7) is 0. The van der Waals surface area contributed by atoms with Gasteiger partial charge in [-0.1, -0.05) is 334 Å². The van der Waals surface area contributed by atoms with Crippen molar-refractivity contribution in [3.05, 3.63) is 376 Å². The van der Waals surface area contributed by atoms with Crippen molar-refractivity contribution in [1.82, 2.24) is 29.9 Å². The Bertz CT molecular complexity index is 7830. The SMILES string of the molecule is c1ccc(-c2ccc(-c3cc(-c4ccc(-c5ccc(-c6cccc7c6ccc6nc(-c8ccc(-c9cc(-c%10ccc(-c%11cccc%12c%11sc%11ccccc%11%12)cc%10)nc(-c%10ccccc%10)n9)cc8)c8sc9ccccc9c8c67)cc5)cc4)nc(-c4ccc(-c5nc6ccc7ccccc7c6c6c5sc5ccccc56)cc4)n3)cc2)cc1. The van der Waals surface area contributed by atoms with Gasteiger partial charge in [-0.3, -0.25) is 0 Å². The average Bonchev–Trinajstić information content (AvgIpc) is 1.66. The van der Waals surface area contributed by atoms with Crippen LogP contribution in [0.15, 0.2) is 376 Å². The van der Waals surface area contributed by atoms with Crippen LogP contribution >= 0.6 is 34.0 Å². The highest BCUT2D eigenvalue weighted by atomic mass is 32.1. The first-order valence-corrected chi connectivity index (χ1v) is 41.1. The van der Waals surface area contributed by atoms with E-state index in [9.17, 15) is 0 Å². The van der Waals surface area contributed by atoms with E-state index in [0.29, 0.717) is 11.6 Å². The van der Waals surface area contributed by atoms with Gasteiger partial charge in [-0.05, 0) is 109 Å². The smallest absolute Gasteiger partial charge is 0.160 e. The number of aromatic nitrogens is 6. The Morgan fingerprint density at radius 1 is 0.174 bits per heavy atom. The molecule has 16 aromatic carbocycles. The highest BCUT2D eigenvalue weighted by molar-refractivity contribution is 7.27. The van der Waals surface area contributed by atoms with E-state index in [1.54, 1.807) is 0 Å². The Balaban J connectivity index is 0.555. The molecular formula is C106H62N6S3. The molecule has 0 aliphatic rings. The molecule has 23 rings (SSSR count). The molecule has 9 heteroatoms. The van der Waals surface area contributed by atoms with Gasteiger partial charge in [-0.2, -0.15) is 0 Å². The maximum Gasteiger partial charge on any atom is 0.160 e. The second kappa shape index (κ2) is 27.3. The number of rotatable bonds is 12. The van der Waals surface area contributed by atoms with Gasteiger partial charge in [-0.15, -0.1) is 34.0 Å². The van der Waals surface area contributed by atoms with Gasteiger partial charge in [0.05, 0.1) is 54.6 Å². The van der Waals surface area contributed by atoms with Gasteiger partial charge in [0.1, 0.15) is 0 Å². The minimum Gasteiger partial charge on any atom is -0.246 e. The van der Waals surface area contributed by atoms with E-state index >= 15 is 0 Å². The van der Waals surface area contributed by atoms with Crippen molar-refractivity contribution < 1.29 is 0 Å². The highest BCUT2D eigenvalue weighted by Crippen LogP contribution is 2.49. The third-order valence-electron chi connectivity index (χ3n) is 22.8. The topological polar surface area (TPSA) is 77.3 Å². The van der Waals surface area contributed by atoms with Crippen LogP contribution in [0, 0.1) is 0 Å². The first kappa shape index (κ1) is 66.5. The average molecular weight is 1520 g/mol. The molecule has 0 saturated heterocycles. The molecule has 0 aliphatic carbocycles. The van der Waals surface area contributed by atoms with Crippen LogP contribution in [0.1, 0.15) is 0 Å². The highest BCUT2D eigenvalue weighted by Gasteiger charge is 2.24. The van der Waals surface area contributed by atoms with Crippen molar-refractivity contribution in [2.75, 3.05) is 0 Å². The maximum atomic E-state index is 5.62. The van der Waals surface area contributed by atoms with E-state index in [-0.39, 0.29) is 0 Å². The molecule has 0 atom stereocenters. The fourth-order valence-corrected chi connectivity index (χ4v) is 20.7. The van der Waals surface area contributed by atoms with E-state index < -0.39 is 0 Å². The summed E-state index contributed by atoms with van der Waals surface area (Å²) in [6, 6.07) is 135. The summed E-state index contributed by atoms with van der Waals surface area (Å²) in [5.74, 6) is 1.33. The standard InChI is InChI=1S/C106H62N6S3/c1-3-17-63(18-4-1)64-35-43-70(44-36-64)89-61-90(112-106(111-89)77-55-53-75(54-56-77)101-103-98(85-24-10-13-31-94(85)114-103)96-79-22-8-7-19-67(79)57-59-87(96)107-101)71-45-37-66(38-46-71)65-33-39-68(40-34-65)78-26-15-28-83-81(78)58-60-88-97(83)99-86-25-11-14-32-95(86)115-104(99)100(108-88)74-51-49-73(50-52-74)92-62-91(109-105(110-92)76-20-5-2-6-21-76)72-47-41-69(42-48-72)80-27-16-29-84-82-23-9-12-30-93(82)113-102(80)84/h1-62H. The van der Waals surface area contributed by atoms with E-state index in [1.165, 1.54) is 105 Å². The quantitative estimate of drug-likeness (QED) is 0.113. The fourth-order valence-electron chi connectivity index (χ4n) is 17.1. The van der Waals surface area contributed by atoms with Crippen molar-refractivity contribution >= 4 is 138 Å². The molecule has 534 valence electrons. The van der Waals surface area contributed by atoms with Crippen LogP contribution in [0.4, 0.5) is 0 Å². The van der Waals surface area contributed by atoms with Crippen molar-refractivity contribution in [3.8, 4) is 135 Å². The maximum absolute atomic E-state index is 5.62. The zero-order valence-electron chi connectivity index (χ0n) is 61.7. The molecule has 115 heavy (non-hydrogen) atoms. The minimum atomic E-state index is 0.650. The number of benzene rings is 16. The lowest BCUT2D eigenvalue weighted by atomic mass is 9.92. The van der Waals surface area contributed by atoms with Crippen molar-refractivity contribution in [2.45, 2.75) is 0 Å². The van der Waals surface area contributed by atoms with Crippen LogP contribution < -0.4 is 0 Å². The van der Waals surface area contributed by atoms with Crippen LogP contribution in [-0.2, 0) is 0 Å². The Labute approximate surface area is 673 Å². The zero-order valence-corrected chi connectivity index (χ0v) is 64.2. The Morgan fingerprint density at radius 2 is 0.513 bits per heavy atom. The summed E-state index contributed by atoms with van der Waals surface area (Å²) in [4.78, 5) is 32.3. The number of nitrogens with zero attached hydrogens (tertiary/aromatic N) is 6. The largest absolute Gasteiger partial charge is 0.246 e. The molecule has 7 aromatic heterocycles. The molecule has 0 N–H and O–H groups in total. The monoisotopic (exact) mass is 1510 g/mol. The van der Waals surface area contributed by atoms with Crippen LogP contribution in [0.25, 0.3) is 239 Å². The predicted octanol–water partition coefficient (Wildman–Crippen LogP) is 29.8. The molecule has 0 unspecified atom stereocenters. The first-order valence-electron chi connectivity index (χ1n) is 38.7. The van der Waals surface area contributed by atoms with E-state index in [1.807, 2.05) is 52.2 Å². The lowest BCUT2D eigenvalue weighted by Crippen LogP contribution is -1.96. The van der Waals surface area contributed by atoms with Gasteiger partial charge in [0.15, 0.2) is 11.6 Å². The molecule has 0 radical (unpaired) electrons. The molecule has 0 amide bonds. The van der Waals surface area contributed by atoms with E-state index in [0.717, 1.165) is 122 Å². The van der Waals surface area contributed by atoms with Gasteiger partial charge in [0.25, 0.3) is 0 Å². The van der Waals surface area contributed by atoms with Gasteiger partial charge < -0.3 is 0 Å². The number of fused-ring (bicyclic) bond motifs is 17. The fraction of sp³-hybridized carbons (Fsp3) is 0. The third kappa shape index (κ3) is 11.5. The van der Waals surface area contributed by atoms with Gasteiger partial charge in [0.2, 0.25) is 0 Å². The summed E-state index contributed by atoms with van der Waals surface area (Å²) < 4.78 is 7.42. The zero-order chi connectivity index (χ0) is 75.6. The van der Waals surface area contributed by atoms with Crippen LogP contribution in [0.3, 0.4) is 0 Å². The Morgan fingerprint density at radius 3 is 1.03 bits per heavy atom. The second-order valence-corrected chi connectivity index (χ2v) is 32.6. The van der Waals surface area contributed by atoms with Crippen molar-refractivity contribution in [3.63, 3.8) is 0 Å². The molecule has 0 bridgehead atoms. The normalized spacial score (nSPS) is 11.8. The molecule has 0 saturated carbocycles. The third-order valence-corrected chi connectivity index (χ3v) is 26.4. The molecular weight excluding hydrogens is 1450 g/mol. The number of thiophene rings is 3. The van der Waals surface area contributed by atoms with Crippen molar-refractivity contribution in [2.24, 2.45) is 0 Å². The summed E-state index contributed by atoms with van der Waals surface area (Å²) in [7, 11) is 0. The predicted molar refractivity (Wildman–Crippen MR) is 487 cm³/mol. The molecule has 23 aromatic rings. The van der Waals surface area contributed by atoms with Gasteiger partial charge in [-0.25, -0.2) is 29.9 Å². The number of pyridine rings is 2. The summed E-state index contributed by atoms with van der Waals surface area (Å²) >= 11 is 5.49. The van der Waals surface area contributed by atoms with Crippen LogP contribution in [-0.4, -0.2) is 29.9 Å². The summed E-state index contributed by atoms with van der Waals surface area (Å²) in [5.41, 5.74) is 24.6. The van der Waals surface area contributed by atoms with Crippen molar-refractivity contribution in [1.29, 1.82) is 0 Å². The summed E-state index contributed by atoms with van der Waals surface area (Å²) in [6.07, 6.45) is 0. The molecule has 7 heterocycles. The number of hydrogen-bond donors (Lipinski definition) is 0.